The van der Waals surface area contributed by atoms with Gasteiger partial charge in [0.05, 0.1) is 5.69 Å². The highest BCUT2D eigenvalue weighted by molar-refractivity contribution is 7.17. The van der Waals surface area contributed by atoms with Gasteiger partial charge in [0.25, 0.3) is 5.91 Å². The molecule has 0 saturated heterocycles. The highest BCUT2D eigenvalue weighted by Crippen LogP contribution is 2.41. The van der Waals surface area contributed by atoms with Gasteiger partial charge in [-0.3, -0.25) is 4.79 Å². The predicted octanol–water partition coefficient (Wildman–Crippen LogP) is 3.51. The van der Waals surface area contributed by atoms with E-state index in [4.69, 9.17) is 5.73 Å². The van der Waals surface area contributed by atoms with Crippen LogP contribution in [0.25, 0.3) is 0 Å². The Hall–Kier alpha value is -1.88. The molecular weight excluding hydrogens is 282 g/mol. The van der Waals surface area contributed by atoms with Crippen LogP contribution in [-0.2, 0) is 11.8 Å². The van der Waals surface area contributed by atoms with Crippen LogP contribution in [0.3, 0.4) is 0 Å². The minimum Gasteiger partial charge on any atom is -0.375 e. The van der Waals surface area contributed by atoms with Gasteiger partial charge in [-0.1, -0.05) is 37.3 Å². The van der Waals surface area contributed by atoms with E-state index in [0.717, 1.165) is 18.5 Å². The molecule has 0 aliphatic heterocycles. The Bertz CT molecular complexity index is 718. The number of benzene rings is 1. The second-order valence-electron chi connectivity index (χ2n) is 6.14. The molecule has 2 aromatic rings. The summed E-state index contributed by atoms with van der Waals surface area (Å²) in [5.74, 6) is -0.125. The molecule has 1 aromatic heterocycles. The number of nitrogens with one attached hydrogen (secondary N) is 1. The van der Waals surface area contributed by atoms with Crippen LogP contribution in [0.5, 0.6) is 0 Å². The van der Waals surface area contributed by atoms with Crippen LogP contribution in [-0.4, -0.2) is 10.9 Å². The van der Waals surface area contributed by atoms with Crippen LogP contribution in [0.2, 0.25) is 0 Å². The third kappa shape index (κ3) is 2.42. The fourth-order valence-corrected chi connectivity index (χ4v) is 3.72. The molecule has 0 fully saturated rings. The molecule has 1 heterocycles. The summed E-state index contributed by atoms with van der Waals surface area (Å²) in [5.41, 5.74) is 10.0. The molecule has 0 atom stereocenters. The second kappa shape index (κ2) is 4.84. The van der Waals surface area contributed by atoms with Crippen molar-refractivity contribution in [2.45, 2.75) is 39.0 Å². The smallest absolute Gasteiger partial charge is 0.267 e. The van der Waals surface area contributed by atoms with Gasteiger partial charge in [0.2, 0.25) is 0 Å². The van der Waals surface area contributed by atoms with Crippen molar-refractivity contribution in [3.05, 3.63) is 39.9 Å². The summed E-state index contributed by atoms with van der Waals surface area (Å²) >= 11 is 1.23. The molecule has 0 saturated carbocycles. The number of anilines is 2. The molecule has 3 rings (SSSR count). The summed E-state index contributed by atoms with van der Waals surface area (Å²) in [4.78, 5) is 17.1. The fraction of sp³-hybridized carbons (Fsp3) is 0.375. The number of thiazole rings is 1. The van der Waals surface area contributed by atoms with Crippen LogP contribution in [0.15, 0.2) is 18.2 Å². The maximum Gasteiger partial charge on any atom is 0.267 e. The van der Waals surface area contributed by atoms with Gasteiger partial charge in [-0.25, -0.2) is 4.98 Å². The van der Waals surface area contributed by atoms with Crippen LogP contribution < -0.4 is 11.1 Å². The first kappa shape index (κ1) is 14.1. The van der Waals surface area contributed by atoms with Crippen molar-refractivity contribution >= 4 is 28.1 Å². The largest absolute Gasteiger partial charge is 0.375 e. The van der Waals surface area contributed by atoms with Gasteiger partial charge in [0.15, 0.2) is 5.13 Å². The number of hydrogen-bond acceptors (Lipinski definition) is 4. The lowest BCUT2D eigenvalue weighted by molar-refractivity contribution is 0.102. The second-order valence-corrected chi connectivity index (χ2v) is 7.17. The van der Waals surface area contributed by atoms with E-state index in [0.29, 0.717) is 15.7 Å². The van der Waals surface area contributed by atoms with Crippen LogP contribution in [0.4, 0.5) is 10.8 Å². The molecule has 1 aromatic carbocycles. The standard InChI is InChI=1S/C16H19N3OS/c1-9-13(21-15(17)18-9)14(20)19-12-6-4-5-11-10(12)7-8-16(11,2)3/h4-6H,7-8H2,1-3H3,(H2,17,18)(H,19,20). The molecule has 1 amide bonds. The summed E-state index contributed by atoms with van der Waals surface area (Å²) in [5, 5.41) is 3.45. The zero-order chi connectivity index (χ0) is 15.2. The van der Waals surface area contributed by atoms with Crippen molar-refractivity contribution < 1.29 is 4.79 Å². The maximum absolute atomic E-state index is 12.4. The first-order chi connectivity index (χ1) is 9.88. The Balaban J connectivity index is 1.92. The minimum absolute atomic E-state index is 0.125. The van der Waals surface area contributed by atoms with Gasteiger partial charge in [-0.05, 0) is 42.4 Å². The average molecular weight is 301 g/mol. The number of nitrogens with zero attached hydrogens (tertiary/aromatic N) is 1. The lowest BCUT2D eigenvalue weighted by Crippen LogP contribution is -2.14. The van der Waals surface area contributed by atoms with Crippen molar-refractivity contribution in [3.63, 3.8) is 0 Å². The first-order valence-electron chi connectivity index (χ1n) is 7.05. The van der Waals surface area contributed by atoms with E-state index < -0.39 is 0 Å². The number of rotatable bonds is 2. The molecule has 1 aliphatic rings. The van der Waals surface area contributed by atoms with E-state index in [2.05, 4.69) is 30.2 Å². The van der Waals surface area contributed by atoms with E-state index in [9.17, 15) is 4.79 Å². The maximum atomic E-state index is 12.4. The third-order valence-electron chi connectivity index (χ3n) is 4.17. The van der Waals surface area contributed by atoms with Crippen molar-refractivity contribution in [2.75, 3.05) is 11.1 Å². The number of aryl methyl sites for hydroxylation is 1. The first-order valence-corrected chi connectivity index (χ1v) is 7.87. The normalized spacial score (nSPS) is 15.8. The zero-order valence-corrected chi connectivity index (χ0v) is 13.3. The Morgan fingerprint density at radius 3 is 2.86 bits per heavy atom. The molecule has 4 nitrogen and oxygen atoms in total. The summed E-state index contributed by atoms with van der Waals surface area (Å²) in [7, 11) is 0. The summed E-state index contributed by atoms with van der Waals surface area (Å²) < 4.78 is 0. The number of carbonyl (C=O) groups is 1. The average Bonchev–Trinajstić information content (AvgIpc) is 2.91. The molecule has 1 aliphatic carbocycles. The fourth-order valence-electron chi connectivity index (χ4n) is 2.99. The summed E-state index contributed by atoms with van der Waals surface area (Å²) in [6.45, 7) is 6.30. The molecular formula is C16H19N3OS. The topological polar surface area (TPSA) is 68.0 Å². The van der Waals surface area contributed by atoms with E-state index in [1.165, 1.54) is 22.5 Å². The number of nitrogen functional groups attached to an aromatic ring is 1. The van der Waals surface area contributed by atoms with Crippen molar-refractivity contribution in [1.29, 1.82) is 0 Å². The number of carbonyl (C=O) groups excluding carboxylic acids is 1. The van der Waals surface area contributed by atoms with Crippen LogP contribution in [0, 0.1) is 6.92 Å². The van der Waals surface area contributed by atoms with E-state index in [1.54, 1.807) is 6.92 Å². The molecule has 3 N–H and O–H groups in total. The molecule has 0 spiro atoms. The predicted molar refractivity (Wildman–Crippen MR) is 87.0 cm³/mol. The van der Waals surface area contributed by atoms with Crippen molar-refractivity contribution in [1.82, 2.24) is 4.98 Å². The highest BCUT2D eigenvalue weighted by atomic mass is 32.1. The monoisotopic (exact) mass is 301 g/mol. The van der Waals surface area contributed by atoms with Gasteiger partial charge in [-0.2, -0.15) is 0 Å². The van der Waals surface area contributed by atoms with Crippen LogP contribution in [0.1, 0.15) is 46.8 Å². The van der Waals surface area contributed by atoms with Gasteiger partial charge in [0, 0.05) is 5.69 Å². The van der Waals surface area contributed by atoms with Gasteiger partial charge >= 0.3 is 0 Å². The van der Waals surface area contributed by atoms with Crippen LogP contribution >= 0.6 is 11.3 Å². The molecule has 0 unspecified atom stereocenters. The number of aromatic nitrogens is 1. The lowest BCUT2D eigenvalue weighted by Gasteiger charge is -2.19. The van der Waals surface area contributed by atoms with E-state index in [1.807, 2.05) is 12.1 Å². The Morgan fingerprint density at radius 1 is 1.43 bits per heavy atom. The van der Waals surface area contributed by atoms with Gasteiger partial charge in [0.1, 0.15) is 4.88 Å². The molecule has 0 radical (unpaired) electrons. The quantitative estimate of drug-likeness (QED) is 0.892. The third-order valence-corrected chi connectivity index (χ3v) is 5.16. The number of amides is 1. The summed E-state index contributed by atoms with van der Waals surface area (Å²) in [6.07, 6.45) is 2.12. The number of hydrogen-bond donors (Lipinski definition) is 2. The molecule has 5 heteroatoms. The SMILES string of the molecule is Cc1nc(N)sc1C(=O)Nc1cccc2c1CCC2(C)C. The Labute approximate surface area is 128 Å². The van der Waals surface area contributed by atoms with Gasteiger partial charge in [-0.15, -0.1) is 0 Å². The lowest BCUT2D eigenvalue weighted by atomic mass is 9.86. The molecule has 21 heavy (non-hydrogen) atoms. The van der Waals surface area contributed by atoms with Gasteiger partial charge < -0.3 is 11.1 Å². The summed E-state index contributed by atoms with van der Waals surface area (Å²) in [6, 6.07) is 6.14. The van der Waals surface area contributed by atoms with E-state index >= 15 is 0 Å². The van der Waals surface area contributed by atoms with Crippen molar-refractivity contribution in [3.8, 4) is 0 Å². The van der Waals surface area contributed by atoms with E-state index in [-0.39, 0.29) is 11.3 Å². The zero-order valence-electron chi connectivity index (χ0n) is 12.5. The number of nitrogens with two attached hydrogens (primary N) is 1. The number of fused-ring (bicyclic) bond motifs is 1. The van der Waals surface area contributed by atoms with Crippen molar-refractivity contribution in [2.24, 2.45) is 0 Å². The molecule has 110 valence electrons. The Kier molecular flexibility index (Phi) is 3.24. The minimum atomic E-state index is -0.125. The Morgan fingerprint density at radius 2 is 2.19 bits per heavy atom. The highest BCUT2D eigenvalue weighted by Gasteiger charge is 2.31. The molecule has 0 bridgehead atoms.